The normalized spacial score (nSPS) is 53.4. The number of hydrogen-bond donors (Lipinski definition) is 1. The molecular formula is C15H24O. The molecule has 5 fully saturated rings. The predicted molar refractivity (Wildman–Crippen MR) is 64.0 cm³/mol. The van der Waals surface area contributed by atoms with Crippen LogP contribution < -0.4 is 0 Å². The standard InChI is InChI=1S/C15H24O/c16-15(3-1-2-4-15)14-8-11-5-12(9-14)7-13(6-11)10-14/h11-13,16H,1-10H2. The van der Waals surface area contributed by atoms with E-state index in [0.29, 0.717) is 5.41 Å². The van der Waals surface area contributed by atoms with Gasteiger partial charge >= 0.3 is 0 Å². The van der Waals surface area contributed by atoms with Crippen molar-refractivity contribution < 1.29 is 5.11 Å². The van der Waals surface area contributed by atoms with Gasteiger partial charge in [-0.3, -0.25) is 0 Å². The van der Waals surface area contributed by atoms with Crippen LogP contribution in [0.25, 0.3) is 0 Å². The molecule has 16 heavy (non-hydrogen) atoms. The van der Waals surface area contributed by atoms with Crippen molar-refractivity contribution >= 4 is 0 Å². The molecule has 1 heteroatoms. The van der Waals surface area contributed by atoms with Crippen molar-refractivity contribution in [1.82, 2.24) is 0 Å². The molecule has 1 N–H and O–H groups in total. The summed E-state index contributed by atoms with van der Waals surface area (Å²) in [7, 11) is 0. The molecule has 0 spiro atoms. The molecule has 90 valence electrons. The Kier molecular flexibility index (Phi) is 1.89. The van der Waals surface area contributed by atoms with E-state index in [4.69, 9.17) is 0 Å². The van der Waals surface area contributed by atoms with Crippen LogP contribution in [0.4, 0.5) is 0 Å². The molecule has 0 aromatic rings. The Balaban J connectivity index is 1.70. The lowest BCUT2D eigenvalue weighted by Gasteiger charge is -2.61. The Bertz CT molecular complexity index is 265. The molecule has 0 aliphatic heterocycles. The average Bonchev–Trinajstić information content (AvgIpc) is 2.64. The predicted octanol–water partition coefficient (Wildman–Crippen LogP) is 3.51. The second-order valence-electron chi connectivity index (χ2n) is 7.44. The van der Waals surface area contributed by atoms with Crippen LogP contribution >= 0.6 is 0 Å². The van der Waals surface area contributed by atoms with Crippen molar-refractivity contribution in [2.75, 3.05) is 0 Å². The molecule has 0 atom stereocenters. The van der Waals surface area contributed by atoms with E-state index in [1.54, 1.807) is 0 Å². The Morgan fingerprint density at radius 1 is 0.750 bits per heavy atom. The fourth-order valence-corrected chi connectivity index (χ4v) is 6.17. The third kappa shape index (κ3) is 1.16. The zero-order valence-electron chi connectivity index (χ0n) is 10.3. The molecule has 4 bridgehead atoms. The van der Waals surface area contributed by atoms with E-state index in [2.05, 4.69) is 0 Å². The Hall–Kier alpha value is -0.0400. The molecule has 0 heterocycles. The third-order valence-electron chi connectivity index (χ3n) is 6.46. The molecule has 0 aromatic carbocycles. The van der Waals surface area contributed by atoms with Gasteiger partial charge < -0.3 is 5.11 Å². The molecule has 0 radical (unpaired) electrons. The van der Waals surface area contributed by atoms with Crippen molar-refractivity contribution in [3.8, 4) is 0 Å². The number of rotatable bonds is 1. The van der Waals surface area contributed by atoms with Crippen LogP contribution in [0.2, 0.25) is 0 Å². The van der Waals surface area contributed by atoms with Crippen LogP contribution in [0.3, 0.4) is 0 Å². The van der Waals surface area contributed by atoms with E-state index in [9.17, 15) is 5.11 Å². The second-order valence-corrected chi connectivity index (χ2v) is 7.44. The Morgan fingerprint density at radius 3 is 1.62 bits per heavy atom. The Labute approximate surface area is 98.6 Å². The van der Waals surface area contributed by atoms with Gasteiger partial charge in [0.25, 0.3) is 0 Å². The van der Waals surface area contributed by atoms with Crippen molar-refractivity contribution in [3.05, 3.63) is 0 Å². The minimum atomic E-state index is -0.247. The van der Waals surface area contributed by atoms with Crippen LogP contribution in [-0.2, 0) is 0 Å². The van der Waals surface area contributed by atoms with E-state index >= 15 is 0 Å². The molecule has 5 aliphatic rings. The first-order valence-electron chi connectivity index (χ1n) is 7.42. The first kappa shape index (κ1) is 9.94. The average molecular weight is 220 g/mol. The molecule has 1 nitrogen and oxygen atoms in total. The maximum atomic E-state index is 11.1. The molecule has 5 aliphatic carbocycles. The molecule has 0 saturated heterocycles. The fraction of sp³-hybridized carbons (Fsp3) is 1.00. The monoisotopic (exact) mass is 220 g/mol. The van der Waals surface area contributed by atoms with Gasteiger partial charge in [0.2, 0.25) is 0 Å². The van der Waals surface area contributed by atoms with E-state index in [1.165, 1.54) is 51.4 Å². The molecule has 0 unspecified atom stereocenters. The lowest BCUT2D eigenvalue weighted by molar-refractivity contribution is -0.175. The maximum absolute atomic E-state index is 11.1. The van der Waals surface area contributed by atoms with Gasteiger partial charge in [-0.1, -0.05) is 12.8 Å². The van der Waals surface area contributed by atoms with Crippen LogP contribution in [0.15, 0.2) is 0 Å². The number of aliphatic hydroxyl groups is 1. The van der Waals surface area contributed by atoms with E-state index in [-0.39, 0.29) is 5.60 Å². The van der Waals surface area contributed by atoms with E-state index < -0.39 is 0 Å². The minimum Gasteiger partial charge on any atom is -0.389 e. The highest BCUT2D eigenvalue weighted by Crippen LogP contribution is 2.66. The summed E-state index contributed by atoms with van der Waals surface area (Å²) < 4.78 is 0. The van der Waals surface area contributed by atoms with Crippen LogP contribution in [0.1, 0.15) is 64.2 Å². The molecule has 5 rings (SSSR count). The quantitative estimate of drug-likeness (QED) is 0.717. The second kappa shape index (κ2) is 3.04. The van der Waals surface area contributed by atoms with Gasteiger partial charge in [0.15, 0.2) is 0 Å². The first-order chi connectivity index (χ1) is 7.69. The summed E-state index contributed by atoms with van der Waals surface area (Å²) in [4.78, 5) is 0. The van der Waals surface area contributed by atoms with Crippen LogP contribution in [0, 0.1) is 23.2 Å². The maximum Gasteiger partial charge on any atom is 0.0704 e. The summed E-state index contributed by atoms with van der Waals surface area (Å²) >= 11 is 0. The van der Waals surface area contributed by atoms with Crippen molar-refractivity contribution in [1.29, 1.82) is 0 Å². The molecule has 5 saturated carbocycles. The zero-order chi connectivity index (χ0) is 10.8. The topological polar surface area (TPSA) is 20.2 Å². The van der Waals surface area contributed by atoms with Gasteiger partial charge in [-0.15, -0.1) is 0 Å². The molecule has 0 amide bonds. The third-order valence-corrected chi connectivity index (χ3v) is 6.46. The van der Waals surface area contributed by atoms with Crippen molar-refractivity contribution in [2.45, 2.75) is 69.8 Å². The fourth-order valence-electron chi connectivity index (χ4n) is 6.17. The van der Waals surface area contributed by atoms with Gasteiger partial charge in [-0.05, 0) is 74.5 Å². The van der Waals surface area contributed by atoms with Gasteiger partial charge in [0, 0.05) is 0 Å². The summed E-state index contributed by atoms with van der Waals surface area (Å²) in [6, 6.07) is 0. The minimum absolute atomic E-state index is 0.247. The van der Waals surface area contributed by atoms with Crippen LogP contribution in [0.5, 0.6) is 0 Å². The summed E-state index contributed by atoms with van der Waals surface area (Å²) in [6.45, 7) is 0. The summed E-state index contributed by atoms with van der Waals surface area (Å²) in [5.74, 6) is 2.95. The Morgan fingerprint density at radius 2 is 1.19 bits per heavy atom. The summed E-state index contributed by atoms with van der Waals surface area (Å²) in [5.41, 5.74) is 0.126. The molecule has 0 aromatic heterocycles. The highest BCUT2D eigenvalue weighted by atomic mass is 16.3. The SMILES string of the molecule is OC1(C23CC4CC(CC(C4)C2)C3)CCCC1. The number of hydrogen-bond acceptors (Lipinski definition) is 1. The summed E-state index contributed by atoms with van der Waals surface area (Å²) in [6.07, 6.45) is 13.4. The highest BCUT2D eigenvalue weighted by molar-refractivity contribution is 5.11. The van der Waals surface area contributed by atoms with Gasteiger partial charge in [-0.2, -0.15) is 0 Å². The van der Waals surface area contributed by atoms with Gasteiger partial charge in [0.1, 0.15) is 0 Å². The first-order valence-corrected chi connectivity index (χ1v) is 7.42. The smallest absolute Gasteiger partial charge is 0.0704 e. The molecular weight excluding hydrogens is 196 g/mol. The van der Waals surface area contributed by atoms with Crippen molar-refractivity contribution in [3.63, 3.8) is 0 Å². The highest BCUT2D eigenvalue weighted by Gasteiger charge is 2.60. The lowest BCUT2D eigenvalue weighted by Crippen LogP contribution is -2.57. The van der Waals surface area contributed by atoms with Gasteiger partial charge in [0.05, 0.1) is 5.60 Å². The van der Waals surface area contributed by atoms with Crippen LogP contribution in [-0.4, -0.2) is 10.7 Å². The van der Waals surface area contributed by atoms with E-state index in [1.807, 2.05) is 0 Å². The van der Waals surface area contributed by atoms with E-state index in [0.717, 1.165) is 30.6 Å². The van der Waals surface area contributed by atoms with Crippen molar-refractivity contribution in [2.24, 2.45) is 23.2 Å². The lowest BCUT2D eigenvalue weighted by atomic mass is 9.45. The largest absolute Gasteiger partial charge is 0.389 e. The summed E-state index contributed by atoms with van der Waals surface area (Å²) in [5, 5.41) is 11.1. The zero-order valence-corrected chi connectivity index (χ0v) is 10.3. The van der Waals surface area contributed by atoms with Gasteiger partial charge in [-0.25, -0.2) is 0 Å².